The number of amides is 1. The molecule has 0 aromatic carbocycles. The lowest BCUT2D eigenvalue weighted by molar-refractivity contribution is -0.138. The fourth-order valence-corrected chi connectivity index (χ4v) is 9.98. The van der Waals surface area contributed by atoms with E-state index in [2.05, 4.69) is 20.8 Å². The smallest absolute Gasteiger partial charge is 0.410 e. The van der Waals surface area contributed by atoms with E-state index in [0.29, 0.717) is 59.9 Å². The van der Waals surface area contributed by atoms with Crippen LogP contribution in [0.5, 0.6) is 0 Å². The van der Waals surface area contributed by atoms with Crippen LogP contribution in [0.3, 0.4) is 0 Å². The molecule has 4 fully saturated rings. The molecule has 0 aromatic heterocycles. The Labute approximate surface area is 228 Å². The normalized spacial score (nSPS) is 40.5. The van der Waals surface area contributed by atoms with Gasteiger partial charge < -0.3 is 14.7 Å². The molecule has 5 nitrogen and oxygen atoms in total. The van der Waals surface area contributed by atoms with Crippen molar-refractivity contribution in [2.24, 2.45) is 46.3 Å². The van der Waals surface area contributed by atoms with E-state index in [4.69, 9.17) is 27.9 Å². The second kappa shape index (κ2) is 11.6. The van der Waals surface area contributed by atoms with Crippen LogP contribution < -0.4 is 0 Å². The Kier molecular flexibility index (Phi) is 9.13. The van der Waals surface area contributed by atoms with E-state index in [1.165, 1.54) is 38.5 Å². The Morgan fingerprint density at radius 2 is 1.64 bits per heavy atom. The van der Waals surface area contributed by atoms with Crippen LogP contribution in [-0.2, 0) is 9.53 Å². The number of carboxylic acid groups (broad SMARTS) is 1. The van der Waals surface area contributed by atoms with E-state index in [1.807, 2.05) is 0 Å². The molecule has 4 rings (SSSR count). The minimum Gasteiger partial charge on any atom is -0.481 e. The Bertz CT molecular complexity index is 789. The van der Waals surface area contributed by atoms with E-state index >= 15 is 0 Å². The van der Waals surface area contributed by atoms with Crippen LogP contribution >= 0.6 is 23.2 Å². The van der Waals surface area contributed by atoms with Gasteiger partial charge in [0.1, 0.15) is 6.10 Å². The van der Waals surface area contributed by atoms with Crippen LogP contribution in [0.1, 0.15) is 91.4 Å². The third-order valence-electron chi connectivity index (χ3n) is 11.4. The molecule has 0 saturated heterocycles. The number of hydrogen-bond acceptors (Lipinski definition) is 3. The summed E-state index contributed by atoms with van der Waals surface area (Å²) in [5.41, 5.74) is 0.704. The van der Waals surface area contributed by atoms with Gasteiger partial charge in [-0.1, -0.05) is 20.8 Å². The number of hydrogen-bond donors (Lipinski definition) is 1. The summed E-state index contributed by atoms with van der Waals surface area (Å²) in [6, 6.07) is 0. The third kappa shape index (κ3) is 5.40. The SMILES string of the molecule is C[C@H](CCC(=O)O)[C@H]1CC[C@H]2[C@@H]3CCC4C[C@H](OC(=O)N(CCCl)CCCl)CC[C@]4(C)[C@H]3CC[C@]12C. The van der Waals surface area contributed by atoms with Gasteiger partial charge in [0.2, 0.25) is 0 Å². The van der Waals surface area contributed by atoms with Crippen molar-refractivity contribution >= 4 is 35.3 Å². The second-order valence-corrected chi connectivity index (χ2v) is 13.7. The van der Waals surface area contributed by atoms with Crippen molar-refractivity contribution in [2.45, 2.75) is 97.5 Å². The topological polar surface area (TPSA) is 66.8 Å². The van der Waals surface area contributed by atoms with Gasteiger partial charge in [0.25, 0.3) is 0 Å². The lowest BCUT2D eigenvalue weighted by atomic mass is 9.44. The van der Waals surface area contributed by atoms with Crippen LogP contribution in [-0.4, -0.2) is 53.0 Å². The van der Waals surface area contributed by atoms with Gasteiger partial charge >= 0.3 is 12.1 Å². The van der Waals surface area contributed by atoms with Crippen molar-refractivity contribution in [3.8, 4) is 0 Å². The largest absolute Gasteiger partial charge is 0.481 e. The van der Waals surface area contributed by atoms with Crippen LogP contribution in [0.15, 0.2) is 0 Å². The first kappa shape index (κ1) is 28.3. The van der Waals surface area contributed by atoms with E-state index in [1.54, 1.807) is 4.90 Å². The average molecular weight is 545 g/mol. The van der Waals surface area contributed by atoms with Crippen LogP contribution in [0, 0.1) is 46.3 Å². The molecule has 1 N–H and O–H groups in total. The van der Waals surface area contributed by atoms with E-state index in [-0.39, 0.29) is 12.2 Å². The Balaban J connectivity index is 1.39. The summed E-state index contributed by atoms with van der Waals surface area (Å²) < 4.78 is 5.98. The second-order valence-electron chi connectivity index (χ2n) is 12.9. The summed E-state index contributed by atoms with van der Waals surface area (Å²) in [4.78, 5) is 25.6. The number of halogens is 2. The van der Waals surface area contributed by atoms with Gasteiger partial charge in [-0.2, -0.15) is 0 Å². The molecular weight excluding hydrogens is 497 g/mol. The highest BCUT2D eigenvalue weighted by Gasteiger charge is 2.60. The van der Waals surface area contributed by atoms with Crippen molar-refractivity contribution in [3.63, 3.8) is 0 Å². The van der Waals surface area contributed by atoms with Gasteiger partial charge in [0, 0.05) is 31.3 Å². The minimum atomic E-state index is -0.663. The standard InChI is InChI=1S/C29H47Cl2NO4/c1-19(4-9-26(33)34)23-7-8-24-22-6-5-20-18-21(36-27(35)32(16-14-30)17-15-31)10-12-28(20,2)25(22)11-13-29(23,24)3/h19-25H,4-18H2,1-3H3,(H,33,34)/t19-,20?,21-,22+,23-,24+,25+,28+,29-/m1/s1. The average Bonchev–Trinajstić information content (AvgIpc) is 3.20. The third-order valence-corrected chi connectivity index (χ3v) is 11.8. The Morgan fingerprint density at radius 1 is 0.972 bits per heavy atom. The monoisotopic (exact) mass is 543 g/mol. The molecule has 0 aliphatic heterocycles. The van der Waals surface area contributed by atoms with E-state index < -0.39 is 5.97 Å². The van der Waals surface area contributed by atoms with E-state index in [0.717, 1.165) is 43.4 Å². The molecule has 4 aliphatic carbocycles. The molecular formula is C29H47Cl2NO4. The number of carbonyl (C=O) groups is 2. The first-order chi connectivity index (χ1) is 17.1. The van der Waals surface area contributed by atoms with Crippen molar-refractivity contribution < 1.29 is 19.4 Å². The van der Waals surface area contributed by atoms with Crippen molar-refractivity contribution in [3.05, 3.63) is 0 Å². The molecule has 4 aliphatic rings. The zero-order valence-electron chi connectivity index (χ0n) is 22.5. The molecule has 0 bridgehead atoms. The summed E-state index contributed by atoms with van der Waals surface area (Å²) in [5, 5.41) is 9.20. The molecule has 36 heavy (non-hydrogen) atoms. The number of ether oxygens (including phenoxy) is 1. The van der Waals surface area contributed by atoms with Crippen molar-refractivity contribution in [2.75, 3.05) is 24.8 Å². The van der Waals surface area contributed by atoms with Gasteiger partial charge in [-0.3, -0.25) is 4.79 Å². The number of rotatable bonds is 9. The molecule has 7 heteroatoms. The number of alkyl halides is 2. The maximum Gasteiger partial charge on any atom is 0.410 e. The summed E-state index contributed by atoms with van der Waals surface area (Å²) in [5.74, 6) is 4.22. The lowest BCUT2D eigenvalue weighted by Crippen LogP contribution is -2.54. The highest BCUT2D eigenvalue weighted by atomic mass is 35.5. The summed E-state index contributed by atoms with van der Waals surface area (Å²) >= 11 is 11.8. The summed E-state index contributed by atoms with van der Waals surface area (Å²) in [7, 11) is 0. The molecule has 206 valence electrons. The van der Waals surface area contributed by atoms with Crippen LogP contribution in [0.25, 0.3) is 0 Å². The zero-order chi connectivity index (χ0) is 26.1. The fourth-order valence-electron chi connectivity index (χ4n) is 9.57. The first-order valence-corrected chi connectivity index (χ1v) is 15.5. The quantitative estimate of drug-likeness (QED) is 0.307. The van der Waals surface area contributed by atoms with Gasteiger partial charge in [0.15, 0.2) is 0 Å². The highest BCUT2D eigenvalue weighted by molar-refractivity contribution is 6.18. The van der Waals surface area contributed by atoms with Gasteiger partial charge in [0.05, 0.1) is 0 Å². The predicted octanol–water partition coefficient (Wildman–Crippen LogP) is 7.43. The molecule has 0 spiro atoms. The van der Waals surface area contributed by atoms with Gasteiger partial charge in [-0.05, 0) is 111 Å². The first-order valence-electron chi connectivity index (χ1n) is 14.4. The predicted molar refractivity (Wildman–Crippen MR) is 145 cm³/mol. The maximum atomic E-state index is 12.7. The van der Waals surface area contributed by atoms with Gasteiger partial charge in [-0.25, -0.2) is 4.79 Å². The van der Waals surface area contributed by atoms with Crippen molar-refractivity contribution in [1.82, 2.24) is 4.90 Å². The van der Waals surface area contributed by atoms with Gasteiger partial charge in [-0.15, -0.1) is 23.2 Å². The molecule has 1 unspecified atom stereocenters. The number of carbonyl (C=O) groups excluding carboxylic acids is 1. The molecule has 0 heterocycles. The van der Waals surface area contributed by atoms with Crippen molar-refractivity contribution in [1.29, 1.82) is 0 Å². The summed E-state index contributed by atoms with van der Waals surface area (Å²) in [6.07, 6.45) is 11.6. The number of fused-ring (bicyclic) bond motifs is 5. The Morgan fingerprint density at radius 3 is 2.31 bits per heavy atom. The maximum absolute atomic E-state index is 12.7. The number of nitrogens with zero attached hydrogens (tertiary/aromatic N) is 1. The number of carboxylic acids is 1. The molecule has 0 radical (unpaired) electrons. The molecule has 4 saturated carbocycles. The highest BCUT2D eigenvalue weighted by Crippen LogP contribution is 2.68. The Hall–Kier alpha value is -0.680. The summed E-state index contributed by atoms with van der Waals surface area (Å²) in [6.45, 7) is 8.34. The fraction of sp³-hybridized carbons (Fsp3) is 0.931. The molecule has 9 atom stereocenters. The lowest BCUT2D eigenvalue weighted by Gasteiger charge is -2.61. The number of aliphatic carboxylic acids is 1. The molecule has 1 amide bonds. The van der Waals surface area contributed by atoms with Crippen LogP contribution in [0.2, 0.25) is 0 Å². The molecule has 0 aromatic rings. The van der Waals surface area contributed by atoms with Crippen LogP contribution in [0.4, 0.5) is 4.79 Å². The van der Waals surface area contributed by atoms with E-state index in [9.17, 15) is 14.7 Å². The zero-order valence-corrected chi connectivity index (χ0v) is 24.0. The minimum absolute atomic E-state index is 0.0000724.